The van der Waals surface area contributed by atoms with E-state index in [0.29, 0.717) is 6.42 Å². The average molecular weight is 166 g/mol. The van der Waals surface area contributed by atoms with Gasteiger partial charge in [0.05, 0.1) is 12.7 Å². The molecule has 1 N–H and O–H groups in total. The minimum absolute atomic E-state index is 0.0264. The van der Waals surface area contributed by atoms with E-state index in [-0.39, 0.29) is 18.6 Å². The molecule has 0 aliphatic carbocycles. The van der Waals surface area contributed by atoms with Crippen molar-refractivity contribution in [1.29, 1.82) is 0 Å². The quantitative estimate of drug-likeness (QED) is 0.621. The summed E-state index contributed by atoms with van der Waals surface area (Å²) in [5, 5.41) is 8.79. The van der Waals surface area contributed by atoms with Crippen LogP contribution in [0.3, 0.4) is 0 Å². The molecule has 0 rings (SSSR count). The van der Waals surface area contributed by atoms with Crippen molar-refractivity contribution in [3.8, 4) is 24.2 Å². The fraction of sp³-hybridized carbons (Fsp3) is 0.600. The van der Waals surface area contributed by atoms with E-state index in [1.54, 1.807) is 7.11 Å². The summed E-state index contributed by atoms with van der Waals surface area (Å²) in [5.41, 5.74) is 0. The number of rotatable bonds is 4. The Kier molecular flexibility index (Phi) is 6.19. The maximum absolute atomic E-state index is 8.79. The molecule has 0 fully saturated rings. The van der Waals surface area contributed by atoms with Crippen molar-refractivity contribution in [3.05, 3.63) is 0 Å². The zero-order valence-electron chi connectivity index (χ0n) is 7.50. The molecule has 0 aromatic rings. The molecule has 0 saturated carbocycles. The van der Waals surface area contributed by atoms with Crippen molar-refractivity contribution in [2.24, 2.45) is 5.92 Å². The minimum atomic E-state index is -0.132. The predicted octanol–water partition coefficient (Wildman–Crippen LogP) is 0.657. The van der Waals surface area contributed by atoms with Gasteiger partial charge in [0.25, 0.3) is 0 Å². The summed E-state index contributed by atoms with van der Waals surface area (Å²) in [7, 11) is 1.57. The molecule has 12 heavy (non-hydrogen) atoms. The fourth-order valence-electron chi connectivity index (χ4n) is 0.863. The summed E-state index contributed by atoms with van der Waals surface area (Å²) >= 11 is 0. The summed E-state index contributed by atoms with van der Waals surface area (Å²) in [6.45, 7) is 1.98. The molecule has 2 atom stereocenters. The zero-order chi connectivity index (χ0) is 9.40. The number of terminal acetylenes is 1. The Hall–Kier alpha value is -0.960. The monoisotopic (exact) mass is 166 g/mol. The van der Waals surface area contributed by atoms with Crippen LogP contribution < -0.4 is 0 Å². The molecule has 0 radical (unpaired) electrons. The van der Waals surface area contributed by atoms with Crippen molar-refractivity contribution in [2.45, 2.75) is 19.4 Å². The van der Waals surface area contributed by atoms with Gasteiger partial charge in [0.2, 0.25) is 0 Å². The molecule has 66 valence electrons. The van der Waals surface area contributed by atoms with E-state index < -0.39 is 0 Å². The second-order valence-corrected chi connectivity index (χ2v) is 2.59. The summed E-state index contributed by atoms with van der Waals surface area (Å²) in [5.74, 6) is 7.80. The molecule has 1 unspecified atom stereocenters. The van der Waals surface area contributed by atoms with Gasteiger partial charge in [0.15, 0.2) is 0 Å². The lowest BCUT2D eigenvalue weighted by molar-refractivity contribution is 0.0379. The van der Waals surface area contributed by atoms with Gasteiger partial charge in [-0.2, -0.15) is 0 Å². The molecule has 0 aromatic carbocycles. The minimum Gasteiger partial charge on any atom is -0.394 e. The molecule has 0 aliphatic heterocycles. The smallest absolute Gasteiger partial charge is 0.0813 e. The van der Waals surface area contributed by atoms with Gasteiger partial charge in [0.1, 0.15) is 0 Å². The lowest BCUT2D eigenvalue weighted by Gasteiger charge is -2.13. The van der Waals surface area contributed by atoms with Gasteiger partial charge >= 0.3 is 0 Å². The molecule has 2 nitrogen and oxygen atoms in total. The summed E-state index contributed by atoms with van der Waals surface area (Å²) in [6, 6.07) is 0. The van der Waals surface area contributed by atoms with Gasteiger partial charge in [0, 0.05) is 13.0 Å². The van der Waals surface area contributed by atoms with Gasteiger partial charge in [-0.3, -0.25) is 0 Å². The summed E-state index contributed by atoms with van der Waals surface area (Å²) < 4.78 is 4.98. The van der Waals surface area contributed by atoms with Gasteiger partial charge in [-0.25, -0.2) is 0 Å². The number of methoxy groups -OCH3 is 1. The SMILES string of the molecule is C#CC#CC(C)C[C@@H](CO)OC. The first kappa shape index (κ1) is 11.0. The van der Waals surface area contributed by atoms with Crippen LogP contribution in [0.15, 0.2) is 0 Å². The lowest BCUT2D eigenvalue weighted by Crippen LogP contribution is -2.18. The third-order valence-electron chi connectivity index (χ3n) is 1.54. The van der Waals surface area contributed by atoms with E-state index in [9.17, 15) is 0 Å². The normalized spacial score (nSPS) is 13.8. The predicted molar refractivity (Wildman–Crippen MR) is 48.3 cm³/mol. The molecule has 0 heterocycles. The summed E-state index contributed by atoms with van der Waals surface area (Å²) in [4.78, 5) is 0. The summed E-state index contributed by atoms with van der Waals surface area (Å²) in [6.07, 6.45) is 5.55. The largest absolute Gasteiger partial charge is 0.394 e. The zero-order valence-corrected chi connectivity index (χ0v) is 7.50. The van der Waals surface area contributed by atoms with E-state index in [1.165, 1.54) is 0 Å². The highest BCUT2D eigenvalue weighted by Gasteiger charge is 2.08. The molecule has 0 saturated heterocycles. The van der Waals surface area contributed by atoms with Gasteiger partial charge < -0.3 is 9.84 Å². The highest BCUT2D eigenvalue weighted by molar-refractivity contribution is 5.22. The van der Waals surface area contributed by atoms with Gasteiger partial charge in [-0.1, -0.05) is 12.8 Å². The Morgan fingerprint density at radius 1 is 1.58 bits per heavy atom. The van der Waals surface area contributed by atoms with Crippen LogP contribution in [0.4, 0.5) is 0 Å². The molecule has 0 bridgehead atoms. The van der Waals surface area contributed by atoms with Crippen LogP contribution in [0.1, 0.15) is 13.3 Å². The van der Waals surface area contributed by atoms with Crippen molar-refractivity contribution >= 4 is 0 Å². The third kappa shape index (κ3) is 4.79. The molecular weight excluding hydrogens is 152 g/mol. The first-order valence-corrected chi connectivity index (χ1v) is 3.84. The Morgan fingerprint density at radius 3 is 2.67 bits per heavy atom. The Labute approximate surface area is 73.9 Å². The van der Waals surface area contributed by atoms with Crippen molar-refractivity contribution in [3.63, 3.8) is 0 Å². The number of aliphatic hydroxyl groups is 1. The van der Waals surface area contributed by atoms with Crippen molar-refractivity contribution in [2.75, 3.05) is 13.7 Å². The number of hydrogen-bond donors (Lipinski definition) is 1. The number of hydrogen-bond acceptors (Lipinski definition) is 2. The Balaban J connectivity index is 3.83. The van der Waals surface area contributed by atoms with Crippen LogP contribution in [0.25, 0.3) is 0 Å². The second-order valence-electron chi connectivity index (χ2n) is 2.59. The maximum atomic E-state index is 8.79. The lowest BCUT2D eigenvalue weighted by atomic mass is 10.0. The van der Waals surface area contributed by atoms with Gasteiger partial charge in [-0.05, 0) is 18.3 Å². The van der Waals surface area contributed by atoms with Gasteiger partial charge in [-0.15, -0.1) is 6.42 Å². The van der Waals surface area contributed by atoms with E-state index in [1.807, 2.05) is 6.92 Å². The molecule has 2 heteroatoms. The molecule has 0 aliphatic rings. The van der Waals surface area contributed by atoms with E-state index >= 15 is 0 Å². The van der Waals surface area contributed by atoms with Crippen LogP contribution in [0.5, 0.6) is 0 Å². The van der Waals surface area contributed by atoms with Crippen molar-refractivity contribution < 1.29 is 9.84 Å². The topological polar surface area (TPSA) is 29.5 Å². The Morgan fingerprint density at radius 2 is 2.25 bits per heavy atom. The van der Waals surface area contributed by atoms with Crippen molar-refractivity contribution in [1.82, 2.24) is 0 Å². The molecule has 0 spiro atoms. The third-order valence-corrected chi connectivity index (χ3v) is 1.54. The highest BCUT2D eigenvalue weighted by Crippen LogP contribution is 2.06. The van der Waals surface area contributed by atoms with E-state index in [0.717, 1.165) is 0 Å². The first-order valence-electron chi connectivity index (χ1n) is 3.84. The van der Waals surface area contributed by atoms with Crippen LogP contribution >= 0.6 is 0 Å². The number of ether oxygens (including phenoxy) is 1. The average Bonchev–Trinajstić information content (AvgIpc) is 2.10. The van der Waals surface area contributed by atoms with Crippen LogP contribution in [-0.4, -0.2) is 24.9 Å². The fourth-order valence-corrected chi connectivity index (χ4v) is 0.863. The number of aliphatic hydroxyl groups excluding tert-OH is 1. The molecular formula is C10H14O2. The molecule has 0 amide bonds. The van der Waals surface area contributed by atoms with Crippen LogP contribution in [0, 0.1) is 30.1 Å². The van der Waals surface area contributed by atoms with E-state index in [2.05, 4.69) is 17.8 Å². The van der Waals surface area contributed by atoms with Crippen LogP contribution in [0.2, 0.25) is 0 Å². The standard InChI is InChI=1S/C10H14O2/c1-4-5-6-9(2)7-10(8-11)12-3/h1,9-11H,7-8H2,2-3H3/t9?,10-/m0/s1. The second kappa shape index (κ2) is 6.73. The van der Waals surface area contributed by atoms with Crippen LogP contribution in [-0.2, 0) is 4.74 Å². The Bertz CT molecular complexity index is 200. The first-order chi connectivity index (χ1) is 5.74. The highest BCUT2D eigenvalue weighted by atomic mass is 16.5. The van der Waals surface area contributed by atoms with E-state index in [4.69, 9.17) is 16.3 Å². The maximum Gasteiger partial charge on any atom is 0.0813 e. The molecule has 0 aromatic heterocycles.